The lowest BCUT2D eigenvalue weighted by atomic mass is 9.85. The summed E-state index contributed by atoms with van der Waals surface area (Å²) in [5.41, 5.74) is 3.07. The smallest absolute Gasteiger partial charge is 0.128 e. The summed E-state index contributed by atoms with van der Waals surface area (Å²) in [7, 11) is 0. The average Bonchev–Trinajstić information content (AvgIpc) is 2.46. The fourth-order valence-electron chi connectivity index (χ4n) is 2.88. The molecule has 0 aliphatic carbocycles. The first-order valence-electron chi connectivity index (χ1n) is 7.14. The summed E-state index contributed by atoms with van der Waals surface area (Å²) in [5.74, 6) is 0.866. The topological polar surface area (TPSA) is 29.5 Å². The summed E-state index contributed by atoms with van der Waals surface area (Å²) in [6.45, 7) is 4.61. The molecule has 1 N–H and O–H groups in total. The van der Waals surface area contributed by atoms with Crippen molar-refractivity contribution in [1.29, 1.82) is 0 Å². The van der Waals surface area contributed by atoms with Crippen molar-refractivity contribution >= 4 is 0 Å². The molecule has 104 valence electrons. The molecule has 0 bridgehead atoms. The monoisotopic (exact) mass is 268 g/mol. The summed E-state index contributed by atoms with van der Waals surface area (Å²) in [6, 6.07) is 14.1. The lowest BCUT2D eigenvalue weighted by Crippen LogP contribution is -2.25. The van der Waals surface area contributed by atoms with Crippen LogP contribution in [0.2, 0.25) is 0 Å². The van der Waals surface area contributed by atoms with Crippen molar-refractivity contribution in [2.75, 3.05) is 6.61 Å². The molecule has 0 spiro atoms. The maximum Gasteiger partial charge on any atom is 0.128 e. The maximum absolute atomic E-state index is 11.1. The van der Waals surface area contributed by atoms with Gasteiger partial charge < -0.3 is 9.84 Å². The van der Waals surface area contributed by atoms with Crippen LogP contribution >= 0.6 is 0 Å². The van der Waals surface area contributed by atoms with Gasteiger partial charge in [-0.15, -0.1) is 0 Å². The molecule has 3 rings (SSSR count). The minimum Gasteiger partial charge on any atom is -0.493 e. The van der Waals surface area contributed by atoms with Gasteiger partial charge in [0.15, 0.2) is 0 Å². The van der Waals surface area contributed by atoms with E-state index in [0.717, 1.165) is 41.9 Å². The average molecular weight is 268 g/mol. The number of ether oxygens (including phenoxy) is 1. The highest BCUT2D eigenvalue weighted by atomic mass is 16.5. The lowest BCUT2D eigenvalue weighted by Gasteiger charge is -2.30. The van der Waals surface area contributed by atoms with Crippen LogP contribution in [0.4, 0.5) is 0 Å². The van der Waals surface area contributed by atoms with Crippen LogP contribution in [-0.4, -0.2) is 11.7 Å². The van der Waals surface area contributed by atoms with Crippen LogP contribution in [0.25, 0.3) is 0 Å². The molecule has 0 radical (unpaired) electrons. The van der Waals surface area contributed by atoms with E-state index in [1.807, 2.05) is 50.2 Å². The third-order valence-corrected chi connectivity index (χ3v) is 4.04. The van der Waals surface area contributed by atoms with Gasteiger partial charge in [-0.05, 0) is 37.8 Å². The van der Waals surface area contributed by atoms with Crippen molar-refractivity contribution in [3.8, 4) is 5.75 Å². The van der Waals surface area contributed by atoms with Gasteiger partial charge in [-0.25, -0.2) is 0 Å². The van der Waals surface area contributed by atoms with Crippen molar-refractivity contribution in [1.82, 2.24) is 0 Å². The lowest BCUT2D eigenvalue weighted by molar-refractivity contribution is 0.0967. The van der Waals surface area contributed by atoms with E-state index in [0.29, 0.717) is 0 Å². The molecular formula is C18H20O2. The van der Waals surface area contributed by atoms with Crippen molar-refractivity contribution in [3.63, 3.8) is 0 Å². The Morgan fingerprint density at radius 3 is 2.75 bits per heavy atom. The highest BCUT2D eigenvalue weighted by Gasteiger charge is 2.31. The second-order valence-corrected chi connectivity index (χ2v) is 5.69. The normalized spacial score (nSPS) is 16.9. The fraction of sp³-hybridized carbons (Fsp3) is 0.333. The Morgan fingerprint density at radius 1 is 1.15 bits per heavy atom. The predicted molar refractivity (Wildman–Crippen MR) is 80.1 cm³/mol. The standard InChI is InChI=1S/C18H20O2/c1-13-6-3-9-15(12-13)18(2,19)16-10-4-7-14-8-5-11-20-17(14)16/h3-4,6-7,9-10,12,19H,5,8,11H2,1-2H3. The van der Waals surface area contributed by atoms with E-state index in [1.54, 1.807) is 0 Å². The van der Waals surface area contributed by atoms with Gasteiger partial charge in [0.05, 0.1) is 6.61 Å². The highest BCUT2D eigenvalue weighted by molar-refractivity contribution is 5.49. The van der Waals surface area contributed by atoms with Crippen LogP contribution in [-0.2, 0) is 12.0 Å². The first-order chi connectivity index (χ1) is 9.59. The van der Waals surface area contributed by atoms with E-state index in [9.17, 15) is 5.11 Å². The van der Waals surface area contributed by atoms with Gasteiger partial charge in [0.2, 0.25) is 0 Å². The molecule has 1 aliphatic rings. The Balaban J connectivity index is 2.12. The van der Waals surface area contributed by atoms with Crippen molar-refractivity contribution < 1.29 is 9.84 Å². The Hall–Kier alpha value is -1.80. The molecular weight excluding hydrogens is 248 g/mol. The van der Waals surface area contributed by atoms with Crippen LogP contribution in [0.15, 0.2) is 42.5 Å². The Morgan fingerprint density at radius 2 is 1.95 bits per heavy atom. The zero-order chi connectivity index (χ0) is 14.2. The predicted octanol–water partition coefficient (Wildman–Crippen LogP) is 3.58. The molecule has 0 saturated heterocycles. The maximum atomic E-state index is 11.1. The molecule has 0 fully saturated rings. The number of rotatable bonds is 2. The Bertz CT molecular complexity index is 629. The molecule has 2 heteroatoms. The molecule has 20 heavy (non-hydrogen) atoms. The number of aryl methyl sites for hydroxylation is 2. The summed E-state index contributed by atoms with van der Waals surface area (Å²) in [4.78, 5) is 0. The third kappa shape index (κ3) is 2.20. The largest absolute Gasteiger partial charge is 0.493 e. The molecule has 0 amide bonds. The number of aliphatic hydroxyl groups is 1. The third-order valence-electron chi connectivity index (χ3n) is 4.04. The summed E-state index contributed by atoms with van der Waals surface area (Å²) in [5, 5.41) is 11.1. The van der Waals surface area contributed by atoms with Gasteiger partial charge in [0.1, 0.15) is 11.4 Å². The summed E-state index contributed by atoms with van der Waals surface area (Å²) < 4.78 is 5.83. The van der Waals surface area contributed by atoms with Crippen LogP contribution in [0.5, 0.6) is 5.75 Å². The molecule has 2 aromatic rings. The number of hydrogen-bond donors (Lipinski definition) is 1. The molecule has 2 aromatic carbocycles. The van der Waals surface area contributed by atoms with Gasteiger partial charge in [-0.1, -0.05) is 48.0 Å². The fourth-order valence-corrected chi connectivity index (χ4v) is 2.88. The summed E-state index contributed by atoms with van der Waals surface area (Å²) in [6.07, 6.45) is 2.07. The SMILES string of the molecule is Cc1cccc(C(C)(O)c2cccc3c2OCCC3)c1. The van der Waals surface area contributed by atoms with E-state index in [-0.39, 0.29) is 0 Å². The highest BCUT2D eigenvalue weighted by Crippen LogP contribution is 2.39. The number of hydrogen-bond acceptors (Lipinski definition) is 2. The van der Waals surface area contributed by atoms with Gasteiger partial charge in [-0.2, -0.15) is 0 Å². The van der Waals surface area contributed by atoms with Crippen LogP contribution < -0.4 is 4.74 Å². The van der Waals surface area contributed by atoms with Gasteiger partial charge in [-0.3, -0.25) is 0 Å². The molecule has 1 aliphatic heterocycles. The van der Waals surface area contributed by atoms with Crippen molar-refractivity contribution in [2.45, 2.75) is 32.3 Å². The summed E-state index contributed by atoms with van der Waals surface area (Å²) >= 11 is 0. The van der Waals surface area contributed by atoms with E-state index in [2.05, 4.69) is 6.07 Å². The van der Waals surface area contributed by atoms with Crippen molar-refractivity contribution in [2.24, 2.45) is 0 Å². The molecule has 2 nitrogen and oxygen atoms in total. The van der Waals surface area contributed by atoms with E-state index >= 15 is 0 Å². The van der Waals surface area contributed by atoms with Crippen LogP contribution in [0, 0.1) is 6.92 Å². The molecule has 1 atom stereocenters. The number of para-hydroxylation sites is 1. The zero-order valence-electron chi connectivity index (χ0n) is 12.0. The minimum absolute atomic E-state index is 0.730. The van der Waals surface area contributed by atoms with Crippen molar-refractivity contribution in [3.05, 3.63) is 64.7 Å². The minimum atomic E-state index is -1.03. The molecule has 0 saturated carbocycles. The van der Waals surface area contributed by atoms with Gasteiger partial charge >= 0.3 is 0 Å². The molecule has 1 unspecified atom stereocenters. The zero-order valence-corrected chi connectivity index (χ0v) is 12.0. The second-order valence-electron chi connectivity index (χ2n) is 5.69. The quantitative estimate of drug-likeness (QED) is 0.902. The first-order valence-corrected chi connectivity index (χ1v) is 7.14. The van der Waals surface area contributed by atoms with Crippen LogP contribution in [0.1, 0.15) is 35.6 Å². The van der Waals surface area contributed by atoms with E-state index in [1.165, 1.54) is 5.56 Å². The molecule has 0 aromatic heterocycles. The number of benzene rings is 2. The molecule has 1 heterocycles. The Kier molecular flexibility index (Phi) is 3.27. The van der Waals surface area contributed by atoms with E-state index < -0.39 is 5.60 Å². The van der Waals surface area contributed by atoms with Gasteiger partial charge in [0.25, 0.3) is 0 Å². The number of fused-ring (bicyclic) bond motifs is 1. The van der Waals surface area contributed by atoms with E-state index in [4.69, 9.17) is 4.74 Å². The van der Waals surface area contributed by atoms with Crippen LogP contribution in [0.3, 0.4) is 0 Å². The Labute approximate surface area is 120 Å². The van der Waals surface area contributed by atoms with Gasteiger partial charge in [0, 0.05) is 5.56 Å². The second kappa shape index (κ2) is 4.95. The first kappa shape index (κ1) is 13.2.